The summed E-state index contributed by atoms with van der Waals surface area (Å²) >= 11 is 15.5. The number of nitrogens with zero attached hydrogens (tertiary/aromatic N) is 3. The Morgan fingerprint density at radius 3 is 2.52 bits per heavy atom. The molecule has 3 aromatic rings. The molecule has 0 unspecified atom stereocenters. The molecule has 3 rings (SSSR count). The molecule has 33 heavy (non-hydrogen) atoms. The van der Waals surface area contributed by atoms with E-state index in [4.69, 9.17) is 27.9 Å². The summed E-state index contributed by atoms with van der Waals surface area (Å²) in [6.07, 6.45) is 0.598. The van der Waals surface area contributed by atoms with Crippen molar-refractivity contribution in [2.24, 2.45) is 0 Å². The van der Waals surface area contributed by atoms with E-state index in [1.165, 1.54) is 36.2 Å². The first-order valence-corrected chi connectivity index (χ1v) is 10.5. The van der Waals surface area contributed by atoms with Gasteiger partial charge >= 0.3 is 6.09 Å². The van der Waals surface area contributed by atoms with Crippen molar-refractivity contribution in [1.29, 1.82) is 0 Å². The van der Waals surface area contributed by atoms with E-state index in [0.717, 1.165) is 7.11 Å². The molecule has 0 aliphatic heterocycles. The van der Waals surface area contributed by atoms with Crippen LogP contribution in [-0.2, 0) is 4.74 Å². The normalized spacial score (nSPS) is 10.3. The van der Waals surface area contributed by atoms with Crippen LogP contribution in [0.15, 0.2) is 41.1 Å². The fraction of sp³-hybridized carbons (Fsp3) is 0.105. The highest BCUT2D eigenvalue weighted by atomic mass is 79.9. The number of benzene rings is 1. The molecule has 3 amide bonds. The molecule has 0 saturated carbocycles. The Bertz CT molecular complexity index is 1240. The molecule has 2 heterocycles. The number of rotatable bonds is 5. The molecule has 14 heteroatoms. The molecule has 0 spiro atoms. The number of hydrazine groups is 1. The summed E-state index contributed by atoms with van der Waals surface area (Å²) in [4.78, 5) is 41.3. The van der Waals surface area contributed by atoms with Gasteiger partial charge in [0.25, 0.3) is 11.8 Å². The van der Waals surface area contributed by atoms with Crippen LogP contribution in [0.1, 0.15) is 20.8 Å². The summed E-state index contributed by atoms with van der Waals surface area (Å²) in [5.74, 6) is -1.14. The number of amides is 3. The van der Waals surface area contributed by atoms with Gasteiger partial charge in [0.1, 0.15) is 16.0 Å². The van der Waals surface area contributed by atoms with Crippen LogP contribution < -0.4 is 20.9 Å². The molecule has 0 aliphatic rings. The highest BCUT2D eigenvalue weighted by Gasteiger charge is 2.24. The van der Waals surface area contributed by atoms with Crippen molar-refractivity contribution in [3.05, 3.63) is 62.4 Å². The fourth-order valence-electron chi connectivity index (χ4n) is 2.66. The zero-order valence-corrected chi connectivity index (χ0v) is 20.1. The van der Waals surface area contributed by atoms with Crippen LogP contribution >= 0.6 is 39.1 Å². The van der Waals surface area contributed by atoms with Gasteiger partial charge in [-0.2, -0.15) is 5.10 Å². The quantitative estimate of drug-likeness (QED) is 0.408. The maximum absolute atomic E-state index is 13.2. The number of pyridine rings is 1. The predicted octanol–water partition coefficient (Wildman–Crippen LogP) is 3.60. The van der Waals surface area contributed by atoms with Crippen LogP contribution in [-0.4, -0.2) is 46.9 Å². The van der Waals surface area contributed by atoms with E-state index < -0.39 is 17.9 Å². The Hall–Kier alpha value is -3.35. The summed E-state index contributed by atoms with van der Waals surface area (Å²) in [5.41, 5.74) is 4.14. The lowest BCUT2D eigenvalue weighted by Crippen LogP contribution is -2.41. The van der Waals surface area contributed by atoms with Gasteiger partial charge in [0, 0.05) is 23.4 Å². The Labute approximate surface area is 205 Å². The van der Waals surface area contributed by atoms with Crippen molar-refractivity contribution in [2.45, 2.75) is 0 Å². The average molecular weight is 558 g/mol. The van der Waals surface area contributed by atoms with Crippen molar-refractivity contribution >= 4 is 62.7 Å². The zero-order valence-electron chi connectivity index (χ0n) is 17.0. The van der Waals surface area contributed by atoms with Crippen LogP contribution in [0, 0.1) is 0 Å². The van der Waals surface area contributed by atoms with Gasteiger partial charge in [0.05, 0.1) is 30.5 Å². The standard InChI is InChI=1S/C19H15BrCl2N6O5/c1-32-13-7-9(21)6-10(17(29)25-26-19(31)33-2)15(13)24-18(30)12-8-14(20)27-28(12)16-11(22)4-3-5-23-16/h3-8H,1-2H3,(H,24,30)(H,25,29)(H,26,31). The number of hydrogen-bond acceptors (Lipinski definition) is 7. The van der Waals surface area contributed by atoms with E-state index in [9.17, 15) is 14.4 Å². The van der Waals surface area contributed by atoms with E-state index in [-0.39, 0.29) is 38.6 Å². The average Bonchev–Trinajstić information content (AvgIpc) is 3.19. The van der Waals surface area contributed by atoms with Crippen molar-refractivity contribution in [3.63, 3.8) is 0 Å². The van der Waals surface area contributed by atoms with Gasteiger partial charge in [0.2, 0.25) is 0 Å². The maximum Gasteiger partial charge on any atom is 0.425 e. The van der Waals surface area contributed by atoms with E-state index in [1.807, 2.05) is 5.43 Å². The minimum absolute atomic E-state index is 0.00736. The molecule has 172 valence electrons. The molecule has 11 nitrogen and oxygen atoms in total. The summed E-state index contributed by atoms with van der Waals surface area (Å²) in [7, 11) is 2.47. The van der Waals surface area contributed by atoms with Crippen molar-refractivity contribution in [2.75, 3.05) is 19.5 Å². The lowest BCUT2D eigenvalue weighted by atomic mass is 10.1. The second-order valence-corrected chi connectivity index (χ2v) is 7.78. The maximum atomic E-state index is 13.2. The first kappa shape index (κ1) is 24.3. The molecule has 2 aromatic heterocycles. The van der Waals surface area contributed by atoms with E-state index in [2.05, 4.69) is 41.5 Å². The Kier molecular flexibility index (Phi) is 7.74. The highest BCUT2D eigenvalue weighted by Crippen LogP contribution is 2.33. The van der Waals surface area contributed by atoms with Gasteiger partial charge in [-0.3, -0.25) is 15.0 Å². The van der Waals surface area contributed by atoms with Crippen LogP contribution in [0.25, 0.3) is 5.82 Å². The van der Waals surface area contributed by atoms with Gasteiger partial charge in [-0.05, 0) is 34.1 Å². The molecular formula is C19H15BrCl2N6O5. The van der Waals surface area contributed by atoms with E-state index >= 15 is 0 Å². The summed E-state index contributed by atoms with van der Waals surface area (Å²) in [6, 6.07) is 7.37. The predicted molar refractivity (Wildman–Crippen MR) is 123 cm³/mol. The lowest BCUT2D eigenvalue weighted by Gasteiger charge is -2.16. The monoisotopic (exact) mass is 556 g/mol. The summed E-state index contributed by atoms with van der Waals surface area (Å²) in [5, 5.41) is 7.25. The second kappa shape index (κ2) is 10.5. The fourth-order valence-corrected chi connectivity index (χ4v) is 3.45. The van der Waals surface area contributed by atoms with Crippen molar-refractivity contribution in [1.82, 2.24) is 25.6 Å². The smallest absolute Gasteiger partial charge is 0.425 e. The molecule has 0 saturated heterocycles. The van der Waals surface area contributed by atoms with Crippen LogP contribution in [0.5, 0.6) is 5.75 Å². The first-order valence-electron chi connectivity index (χ1n) is 8.94. The minimum Gasteiger partial charge on any atom is -0.494 e. The third-order valence-electron chi connectivity index (χ3n) is 4.09. The molecule has 0 bridgehead atoms. The van der Waals surface area contributed by atoms with Crippen LogP contribution in [0.4, 0.5) is 10.5 Å². The Balaban J connectivity index is 2.00. The number of halogens is 3. The molecule has 3 N–H and O–H groups in total. The molecule has 0 atom stereocenters. The van der Waals surface area contributed by atoms with Gasteiger partial charge in [-0.15, -0.1) is 0 Å². The number of ether oxygens (including phenoxy) is 2. The van der Waals surface area contributed by atoms with Crippen molar-refractivity contribution in [3.8, 4) is 11.6 Å². The number of nitrogens with one attached hydrogen (secondary N) is 3. The van der Waals surface area contributed by atoms with Gasteiger partial charge in [0.15, 0.2) is 5.82 Å². The molecular weight excluding hydrogens is 543 g/mol. The second-order valence-electron chi connectivity index (χ2n) is 6.13. The molecule has 0 radical (unpaired) electrons. The number of aromatic nitrogens is 3. The summed E-state index contributed by atoms with van der Waals surface area (Å²) in [6.45, 7) is 0. The van der Waals surface area contributed by atoms with Crippen LogP contribution in [0.3, 0.4) is 0 Å². The van der Waals surface area contributed by atoms with E-state index in [0.29, 0.717) is 4.60 Å². The van der Waals surface area contributed by atoms with E-state index in [1.54, 1.807) is 12.1 Å². The van der Waals surface area contributed by atoms with Gasteiger partial charge in [-0.1, -0.05) is 23.2 Å². The number of carbonyl (C=O) groups excluding carboxylic acids is 3. The first-order chi connectivity index (χ1) is 15.7. The lowest BCUT2D eigenvalue weighted by molar-refractivity contribution is 0.0921. The Morgan fingerprint density at radius 1 is 1.09 bits per heavy atom. The SMILES string of the molecule is COC(=O)NNC(=O)c1cc(Cl)cc(OC)c1NC(=O)c1cc(Br)nn1-c1ncccc1Cl. The number of carbonyl (C=O) groups is 3. The minimum atomic E-state index is -0.899. The summed E-state index contributed by atoms with van der Waals surface area (Å²) < 4.78 is 11.3. The molecule has 1 aromatic carbocycles. The van der Waals surface area contributed by atoms with Gasteiger partial charge in [-0.25, -0.2) is 19.9 Å². The molecule has 0 aliphatic carbocycles. The molecule has 0 fully saturated rings. The van der Waals surface area contributed by atoms with Crippen molar-refractivity contribution < 1.29 is 23.9 Å². The number of anilines is 1. The van der Waals surface area contributed by atoms with Crippen LogP contribution in [0.2, 0.25) is 10.0 Å². The zero-order chi connectivity index (χ0) is 24.1. The topological polar surface area (TPSA) is 136 Å². The third-order valence-corrected chi connectivity index (χ3v) is 4.99. The Morgan fingerprint density at radius 2 is 1.85 bits per heavy atom. The van der Waals surface area contributed by atoms with Gasteiger partial charge < -0.3 is 14.8 Å². The number of hydrogen-bond donors (Lipinski definition) is 3. The third kappa shape index (κ3) is 5.53. The number of methoxy groups -OCH3 is 2. The largest absolute Gasteiger partial charge is 0.494 e. The highest BCUT2D eigenvalue weighted by molar-refractivity contribution is 9.10.